The molecule has 1 saturated heterocycles. The van der Waals surface area contributed by atoms with E-state index in [0.29, 0.717) is 11.6 Å². The van der Waals surface area contributed by atoms with E-state index in [1.807, 2.05) is 6.07 Å². The Labute approximate surface area is 140 Å². The fourth-order valence-electron chi connectivity index (χ4n) is 3.14. The lowest BCUT2D eigenvalue weighted by Crippen LogP contribution is -2.18. The molecule has 0 spiro atoms. The van der Waals surface area contributed by atoms with Crippen LogP contribution in [0.4, 0.5) is 4.39 Å². The van der Waals surface area contributed by atoms with Crippen LogP contribution in [0.3, 0.4) is 0 Å². The van der Waals surface area contributed by atoms with Crippen molar-refractivity contribution in [1.82, 2.24) is 20.1 Å². The second kappa shape index (κ2) is 6.53. The molecule has 1 aromatic heterocycles. The first-order chi connectivity index (χ1) is 11.8. The van der Waals surface area contributed by atoms with Gasteiger partial charge in [0.2, 0.25) is 0 Å². The van der Waals surface area contributed by atoms with Gasteiger partial charge in [-0.1, -0.05) is 18.2 Å². The molecule has 3 aromatic rings. The second-order valence-corrected chi connectivity index (χ2v) is 6.20. The molecule has 0 atom stereocenters. The summed E-state index contributed by atoms with van der Waals surface area (Å²) in [6.07, 6.45) is 2.59. The van der Waals surface area contributed by atoms with Gasteiger partial charge in [0.1, 0.15) is 5.82 Å². The molecule has 0 amide bonds. The summed E-state index contributed by atoms with van der Waals surface area (Å²) >= 11 is 0. The highest BCUT2D eigenvalue weighted by atomic mass is 19.1. The van der Waals surface area contributed by atoms with Gasteiger partial charge in [0.05, 0.1) is 0 Å². The minimum atomic E-state index is -0.256. The summed E-state index contributed by atoms with van der Waals surface area (Å²) in [6, 6.07) is 14.6. The quantitative estimate of drug-likeness (QED) is 0.793. The van der Waals surface area contributed by atoms with E-state index in [2.05, 4.69) is 38.3 Å². The number of H-pyrrole nitrogens is 1. The number of halogens is 1. The zero-order valence-corrected chi connectivity index (χ0v) is 13.4. The van der Waals surface area contributed by atoms with Crippen molar-refractivity contribution in [3.63, 3.8) is 0 Å². The predicted molar refractivity (Wildman–Crippen MR) is 91.7 cm³/mol. The molecule has 5 heteroatoms. The Bertz CT molecular complexity index is 819. The minimum absolute atomic E-state index is 0.256. The van der Waals surface area contributed by atoms with E-state index in [-0.39, 0.29) is 5.82 Å². The molecular weight excluding hydrogens is 303 g/mol. The fraction of sp³-hybridized carbons (Fsp3) is 0.263. The third-order valence-electron chi connectivity index (χ3n) is 4.39. The Morgan fingerprint density at radius 3 is 2.58 bits per heavy atom. The van der Waals surface area contributed by atoms with Gasteiger partial charge in [0.25, 0.3) is 0 Å². The topological polar surface area (TPSA) is 44.8 Å². The fourth-order valence-corrected chi connectivity index (χ4v) is 3.14. The number of aromatic nitrogens is 3. The standard InChI is InChI=1S/C19H19FN4/c20-17-8-6-15(7-9-17)18-21-19(23-22-18)16-5-3-4-14(12-16)13-24-10-1-2-11-24/h3-9,12H,1-2,10-11,13H2,(H,21,22,23). The van der Waals surface area contributed by atoms with Gasteiger partial charge in [-0.2, -0.15) is 5.10 Å². The molecule has 2 heterocycles. The van der Waals surface area contributed by atoms with Crippen molar-refractivity contribution >= 4 is 0 Å². The van der Waals surface area contributed by atoms with Crippen LogP contribution in [0.2, 0.25) is 0 Å². The summed E-state index contributed by atoms with van der Waals surface area (Å²) in [5.74, 6) is 1.06. The summed E-state index contributed by atoms with van der Waals surface area (Å²) < 4.78 is 13.0. The van der Waals surface area contributed by atoms with Crippen molar-refractivity contribution in [2.24, 2.45) is 0 Å². The molecule has 4 nitrogen and oxygen atoms in total. The molecule has 0 aliphatic carbocycles. The summed E-state index contributed by atoms with van der Waals surface area (Å²) in [5.41, 5.74) is 3.10. The SMILES string of the molecule is Fc1ccc(-c2nc(-c3cccc(CN4CCCC4)c3)n[nH]2)cc1. The van der Waals surface area contributed by atoms with E-state index in [4.69, 9.17) is 0 Å². The second-order valence-electron chi connectivity index (χ2n) is 6.20. The first kappa shape index (κ1) is 15.0. The molecule has 0 bridgehead atoms. The highest BCUT2D eigenvalue weighted by molar-refractivity contribution is 5.61. The van der Waals surface area contributed by atoms with Crippen LogP contribution in [0.25, 0.3) is 22.8 Å². The van der Waals surface area contributed by atoms with Crippen molar-refractivity contribution in [2.75, 3.05) is 13.1 Å². The van der Waals surface area contributed by atoms with E-state index in [0.717, 1.165) is 17.7 Å². The number of benzene rings is 2. The smallest absolute Gasteiger partial charge is 0.181 e. The first-order valence-electron chi connectivity index (χ1n) is 8.28. The number of nitrogens with one attached hydrogen (secondary N) is 1. The number of likely N-dealkylation sites (tertiary alicyclic amines) is 1. The molecule has 24 heavy (non-hydrogen) atoms. The number of hydrogen-bond acceptors (Lipinski definition) is 3. The van der Waals surface area contributed by atoms with Crippen LogP contribution in [0, 0.1) is 5.82 Å². The molecule has 4 rings (SSSR count). The zero-order valence-electron chi connectivity index (χ0n) is 13.4. The molecule has 1 aliphatic heterocycles. The Kier molecular flexibility index (Phi) is 4.09. The molecule has 2 aromatic carbocycles. The summed E-state index contributed by atoms with van der Waals surface area (Å²) in [6.45, 7) is 3.34. The van der Waals surface area contributed by atoms with Gasteiger partial charge in [0.15, 0.2) is 11.6 Å². The van der Waals surface area contributed by atoms with Crippen LogP contribution in [0.1, 0.15) is 18.4 Å². The molecule has 1 N–H and O–H groups in total. The van der Waals surface area contributed by atoms with Gasteiger partial charge < -0.3 is 0 Å². The largest absolute Gasteiger partial charge is 0.299 e. The van der Waals surface area contributed by atoms with Crippen LogP contribution >= 0.6 is 0 Å². The van der Waals surface area contributed by atoms with Crippen LogP contribution in [-0.4, -0.2) is 33.2 Å². The Morgan fingerprint density at radius 1 is 1.00 bits per heavy atom. The number of aromatic amines is 1. The molecule has 0 radical (unpaired) electrons. The van der Waals surface area contributed by atoms with E-state index >= 15 is 0 Å². The van der Waals surface area contributed by atoms with Crippen LogP contribution in [0.5, 0.6) is 0 Å². The average Bonchev–Trinajstić information content (AvgIpc) is 3.28. The van der Waals surface area contributed by atoms with Gasteiger partial charge >= 0.3 is 0 Å². The number of nitrogens with zero attached hydrogens (tertiary/aromatic N) is 3. The Hall–Kier alpha value is -2.53. The lowest BCUT2D eigenvalue weighted by Gasteiger charge is -2.14. The average molecular weight is 322 g/mol. The molecule has 122 valence electrons. The maximum atomic E-state index is 13.0. The molecule has 0 unspecified atom stereocenters. The lowest BCUT2D eigenvalue weighted by atomic mass is 10.1. The monoisotopic (exact) mass is 322 g/mol. The van der Waals surface area contributed by atoms with Crippen molar-refractivity contribution < 1.29 is 4.39 Å². The van der Waals surface area contributed by atoms with Crippen LogP contribution in [-0.2, 0) is 6.54 Å². The lowest BCUT2D eigenvalue weighted by molar-refractivity contribution is 0.331. The van der Waals surface area contributed by atoms with Gasteiger partial charge in [-0.15, -0.1) is 0 Å². The summed E-state index contributed by atoms with van der Waals surface area (Å²) in [4.78, 5) is 7.02. The van der Waals surface area contributed by atoms with Crippen molar-refractivity contribution in [1.29, 1.82) is 0 Å². The molecular formula is C19H19FN4. The van der Waals surface area contributed by atoms with Crippen LogP contribution < -0.4 is 0 Å². The maximum absolute atomic E-state index is 13.0. The van der Waals surface area contributed by atoms with Crippen LogP contribution in [0.15, 0.2) is 48.5 Å². The Balaban J connectivity index is 1.56. The van der Waals surface area contributed by atoms with E-state index in [9.17, 15) is 4.39 Å². The first-order valence-corrected chi connectivity index (χ1v) is 8.28. The highest BCUT2D eigenvalue weighted by Gasteiger charge is 2.13. The molecule has 0 saturated carbocycles. The van der Waals surface area contributed by atoms with Gasteiger partial charge in [-0.05, 0) is 61.8 Å². The maximum Gasteiger partial charge on any atom is 0.181 e. The van der Waals surface area contributed by atoms with Crippen molar-refractivity contribution in [3.05, 3.63) is 59.9 Å². The van der Waals surface area contributed by atoms with Gasteiger partial charge in [0, 0.05) is 17.7 Å². The number of hydrogen-bond donors (Lipinski definition) is 1. The van der Waals surface area contributed by atoms with Gasteiger partial charge in [-0.3, -0.25) is 10.00 Å². The van der Waals surface area contributed by atoms with E-state index in [1.54, 1.807) is 12.1 Å². The highest BCUT2D eigenvalue weighted by Crippen LogP contribution is 2.22. The van der Waals surface area contributed by atoms with E-state index < -0.39 is 0 Å². The summed E-state index contributed by atoms with van der Waals surface area (Å²) in [5, 5.41) is 7.25. The molecule has 1 fully saturated rings. The third-order valence-corrected chi connectivity index (χ3v) is 4.39. The number of rotatable bonds is 4. The zero-order chi connectivity index (χ0) is 16.4. The Morgan fingerprint density at radius 2 is 1.79 bits per heavy atom. The summed E-state index contributed by atoms with van der Waals surface area (Å²) in [7, 11) is 0. The van der Waals surface area contributed by atoms with E-state index in [1.165, 1.54) is 43.6 Å². The van der Waals surface area contributed by atoms with Gasteiger partial charge in [-0.25, -0.2) is 9.37 Å². The predicted octanol–water partition coefficient (Wildman–Crippen LogP) is 3.87. The molecule has 1 aliphatic rings. The minimum Gasteiger partial charge on any atom is -0.299 e. The van der Waals surface area contributed by atoms with Crippen molar-refractivity contribution in [2.45, 2.75) is 19.4 Å². The van der Waals surface area contributed by atoms with Crippen molar-refractivity contribution in [3.8, 4) is 22.8 Å². The third kappa shape index (κ3) is 3.21. The normalized spacial score (nSPS) is 15.0.